The molecule has 1 unspecified atom stereocenters. The second kappa shape index (κ2) is 5.35. The molecule has 1 aromatic rings. The summed E-state index contributed by atoms with van der Waals surface area (Å²) >= 11 is 0. The lowest BCUT2D eigenvalue weighted by Gasteiger charge is -2.34. The predicted molar refractivity (Wildman–Crippen MR) is 68.6 cm³/mol. The van der Waals surface area contributed by atoms with E-state index in [9.17, 15) is 0 Å². The van der Waals surface area contributed by atoms with E-state index in [0.717, 1.165) is 24.2 Å². The van der Waals surface area contributed by atoms with Crippen LogP contribution in [-0.4, -0.2) is 7.11 Å². The van der Waals surface area contributed by atoms with Crippen molar-refractivity contribution < 1.29 is 4.74 Å². The van der Waals surface area contributed by atoms with E-state index in [1.165, 1.54) is 0 Å². The highest BCUT2D eigenvalue weighted by molar-refractivity contribution is 5.39. The SMILES string of the molecule is CCC(CC)C(C)(N)c1ccccc1OC. The molecule has 2 nitrogen and oxygen atoms in total. The van der Waals surface area contributed by atoms with Gasteiger partial charge in [0.05, 0.1) is 7.11 Å². The molecule has 0 fully saturated rings. The highest BCUT2D eigenvalue weighted by Crippen LogP contribution is 2.36. The lowest BCUT2D eigenvalue weighted by Crippen LogP contribution is -2.41. The van der Waals surface area contributed by atoms with Crippen molar-refractivity contribution in [3.8, 4) is 5.75 Å². The van der Waals surface area contributed by atoms with Gasteiger partial charge in [0.2, 0.25) is 0 Å². The molecule has 1 atom stereocenters. The maximum absolute atomic E-state index is 6.50. The van der Waals surface area contributed by atoms with Gasteiger partial charge in [-0.3, -0.25) is 0 Å². The molecule has 0 aromatic heterocycles. The third-order valence-electron chi connectivity index (χ3n) is 3.52. The van der Waals surface area contributed by atoms with E-state index in [-0.39, 0.29) is 5.54 Å². The standard InChI is InChI=1S/C14H23NO/c1-5-11(6-2)14(3,15)12-9-7-8-10-13(12)16-4/h7-11H,5-6,15H2,1-4H3. The van der Waals surface area contributed by atoms with E-state index in [4.69, 9.17) is 10.5 Å². The lowest BCUT2D eigenvalue weighted by atomic mass is 9.77. The molecule has 0 aliphatic carbocycles. The van der Waals surface area contributed by atoms with E-state index in [0.29, 0.717) is 5.92 Å². The number of hydrogen-bond donors (Lipinski definition) is 1. The summed E-state index contributed by atoms with van der Waals surface area (Å²) < 4.78 is 5.39. The maximum Gasteiger partial charge on any atom is 0.123 e. The zero-order valence-electron chi connectivity index (χ0n) is 10.8. The minimum absolute atomic E-state index is 0.323. The molecule has 2 heteroatoms. The Morgan fingerprint density at radius 2 is 1.81 bits per heavy atom. The number of nitrogens with two attached hydrogens (primary N) is 1. The summed E-state index contributed by atoms with van der Waals surface area (Å²) in [6.45, 7) is 6.48. The number of rotatable bonds is 5. The van der Waals surface area contributed by atoms with Crippen LogP contribution in [0.15, 0.2) is 24.3 Å². The minimum atomic E-state index is -0.323. The van der Waals surface area contributed by atoms with Crippen molar-refractivity contribution in [2.45, 2.75) is 39.2 Å². The second-order valence-electron chi connectivity index (χ2n) is 4.50. The fourth-order valence-electron chi connectivity index (χ4n) is 2.45. The second-order valence-corrected chi connectivity index (χ2v) is 4.50. The van der Waals surface area contributed by atoms with Crippen LogP contribution in [0.4, 0.5) is 0 Å². The van der Waals surface area contributed by atoms with Crippen LogP contribution in [0.25, 0.3) is 0 Å². The highest BCUT2D eigenvalue weighted by Gasteiger charge is 2.31. The molecule has 0 aliphatic heterocycles. The first kappa shape index (κ1) is 13.0. The van der Waals surface area contributed by atoms with Crippen LogP contribution in [0.1, 0.15) is 39.2 Å². The predicted octanol–water partition coefficient (Wildman–Crippen LogP) is 3.31. The molecule has 0 amide bonds. The number of ether oxygens (including phenoxy) is 1. The first-order chi connectivity index (χ1) is 7.57. The van der Waals surface area contributed by atoms with Gasteiger partial charge in [0.25, 0.3) is 0 Å². The van der Waals surface area contributed by atoms with Crippen LogP contribution in [0, 0.1) is 5.92 Å². The molecule has 90 valence electrons. The number of benzene rings is 1. The van der Waals surface area contributed by atoms with Gasteiger partial charge in [-0.25, -0.2) is 0 Å². The van der Waals surface area contributed by atoms with Crippen molar-refractivity contribution in [2.24, 2.45) is 11.7 Å². The largest absolute Gasteiger partial charge is 0.496 e. The number of para-hydroxylation sites is 1. The van der Waals surface area contributed by atoms with Gasteiger partial charge in [-0.05, 0) is 18.9 Å². The van der Waals surface area contributed by atoms with Gasteiger partial charge >= 0.3 is 0 Å². The van der Waals surface area contributed by atoms with E-state index >= 15 is 0 Å². The van der Waals surface area contributed by atoms with Crippen LogP contribution < -0.4 is 10.5 Å². The van der Waals surface area contributed by atoms with E-state index in [1.807, 2.05) is 18.2 Å². The summed E-state index contributed by atoms with van der Waals surface area (Å²) in [7, 11) is 1.70. The van der Waals surface area contributed by atoms with Crippen LogP contribution >= 0.6 is 0 Å². The topological polar surface area (TPSA) is 35.2 Å². The van der Waals surface area contributed by atoms with Crippen molar-refractivity contribution in [3.05, 3.63) is 29.8 Å². The van der Waals surface area contributed by atoms with Gasteiger partial charge in [-0.1, -0.05) is 44.9 Å². The molecule has 0 saturated heterocycles. The summed E-state index contributed by atoms with van der Waals surface area (Å²) in [6, 6.07) is 8.04. The third-order valence-corrected chi connectivity index (χ3v) is 3.52. The molecular weight excluding hydrogens is 198 g/mol. The summed E-state index contributed by atoms with van der Waals surface area (Å²) in [5.74, 6) is 1.36. The molecule has 0 heterocycles. The Labute approximate surface area is 98.8 Å². The van der Waals surface area contributed by atoms with Crippen molar-refractivity contribution in [2.75, 3.05) is 7.11 Å². The summed E-state index contributed by atoms with van der Waals surface area (Å²) in [4.78, 5) is 0. The van der Waals surface area contributed by atoms with Gasteiger partial charge < -0.3 is 10.5 Å². The van der Waals surface area contributed by atoms with Crippen molar-refractivity contribution in [1.29, 1.82) is 0 Å². The Bertz CT molecular complexity index is 329. The molecular formula is C14H23NO. The molecule has 16 heavy (non-hydrogen) atoms. The van der Waals surface area contributed by atoms with E-state index in [2.05, 4.69) is 26.8 Å². The van der Waals surface area contributed by atoms with Crippen molar-refractivity contribution in [3.63, 3.8) is 0 Å². The molecule has 0 spiro atoms. The summed E-state index contributed by atoms with van der Waals surface area (Å²) in [5.41, 5.74) is 7.28. The van der Waals surface area contributed by atoms with Gasteiger partial charge in [0.1, 0.15) is 5.75 Å². The molecule has 0 radical (unpaired) electrons. The van der Waals surface area contributed by atoms with Crippen LogP contribution in [0.2, 0.25) is 0 Å². The molecule has 0 saturated carbocycles. The van der Waals surface area contributed by atoms with Crippen molar-refractivity contribution in [1.82, 2.24) is 0 Å². The zero-order chi connectivity index (χ0) is 12.2. The average molecular weight is 221 g/mol. The number of hydrogen-bond acceptors (Lipinski definition) is 2. The first-order valence-corrected chi connectivity index (χ1v) is 6.00. The highest BCUT2D eigenvalue weighted by atomic mass is 16.5. The average Bonchev–Trinajstić information content (AvgIpc) is 2.30. The van der Waals surface area contributed by atoms with Gasteiger partial charge in [-0.2, -0.15) is 0 Å². The Morgan fingerprint density at radius 3 is 2.31 bits per heavy atom. The fourth-order valence-corrected chi connectivity index (χ4v) is 2.45. The molecule has 2 N–H and O–H groups in total. The van der Waals surface area contributed by atoms with Gasteiger partial charge in [-0.15, -0.1) is 0 Å². The molecule has 1 rings (SSSR count). The zero-order valence-corrected chi connectivity index (χ0v) is 10.8. The summed E-state index contributed by atoms with van der Waals surface area (Å²) in [6.07, 6.45) is 2.17. The normalized spacial score (nSPS) is 14.9. The minimum Gasteiger partial charge on any atom is -0.496 e. The maximum atomic E-state index is 6.50. The lowest BCUT2D eigenvalue weighted by molar-refractivity contribution is 0.271. The molecule has 1 aromatic carbocycles. The quantitative estimate of drug-likeness (QED) is 0.828. The smallest absolute Gasteiger partial charge is 0.123 e. The fraction of sp³-hybridized carbons (Fsp3) is 0.571. The Balaban J connectivity index is 3.14. The van der Waals surface area contributed by atoms with E-state index in [1.54, 1.807) is 7.11 Å². The Kier molecular flexibility index (Phi) is 4.36. The Morgan fingerprint density at radius 1 is 1.25 bits per heavy atom. The van der Waals surface area contributed by atoms with Crippen LogP contribution in [0.5, 0.6) is 5.75 Å². The van der Waals surface area contributed by atoms with Gasteiger partial charge in [0, 0.05) is 11.1 Å². The van der Waals surface area contributed by atoms with Crippen LogP contribution in [-0.2, 0) is 5.54 Å². The molecule has 0 bridgehead atoms. The Hall–Kier alpha value is -1.02. The van der Waals surface area contributed by atoms with Crippen molar-refractivity contribution >= 4 is 0 Å². The van der Waals surface area contributed by atoms with E-state index < -0.39 is 0 Å². The molecule has 0 aliphatic rings. The third kappa shape index (κ3) is 2.38. The number of methoxy groups -OCH3 is 1. The van der Waals surface area contributed by atoms with Gasteiger partial charge in [0.15, 0.2) is 0 Å². The summed E-state index contributed by atoms with van der Waals surface area (Å²) in [5, 5.41) is 0. The monoisotopic (exact) mass is 221 g/mol. The van der Waals surface area contributed by atoms with Crippen LogP contribution in [0.3, 0.4) is 0 Å². The first-order valence-electron chi connectivity index (χ1n) is 6.00.